The van der Waals surface area contributed by atoms with Gasteiger partial charge in [0.1, 0.15) is 0 Å². The fourth-order valence-corrected chi connectivity index (χ4v) is 3.91. The predicted octanol–water partition coefficient (Wildman–Crippen LogP) is 2.02. The lowest BCUT2D eigenvalue weighted by Gasteiger charge is -2.31. The maximum Gasteiger partial charge on any atom is 0.239 e. The Labute approximate surface area is 110 Å². The van der Waals surface area contributed by atoms with Gasteiger partial charge in [-0.2, -0.15) is 0 Å². The van der Waals surface area contributed by atoms with Gasteiger partial charge in [-0.05, 0) is 50.5 Å². The maximum absolute atomic E-state index is 12.5. The minimum atomic E-state index is 0.0890. The molecule has 1 amide bonds. The second-order valence-electron chi connectivity index (χ2n) is 6.58. The molecule has 0 bridgehead atoms. The van der Waals surface area contributed by atoms with Gasteiger partial charge in [-0.1, -0.05) is 19.3 Å². The van der Waals surface area contributed by atoms with E-state index in [1.165, 1.54) is 38.5 Å². The SMILES string of the molecule is CNC1CC2CC2CN(CC2CCCCC2)C1=O. The zero-order valence-electron chi connectivity index (χ0n) is 11.5. The number of carbonyl (C=O) groups excluding carboxylic acids is 1. The van der Waals surface area contributed by atoms with Gasteiger partial charge in [-0.3, -0.25) is 4.79 Å². The lowest BCUT2D eigenvalue weighted by Crippen LogP contribution is -2.46. The quantitative estimate of drug-likeness (QED) is 0.831. The van der Waals surface area contributed by atoms with Crippen molar-refractivity contribution in [3.63, 3.8) is 0 Å². The first-order chi connectivity index (χ1) is 8.78. The summed E-state index contributed by atoms with van der Waals surface area (Å²) in [5, 5.41) is 3.23. The molecule has 0 aromatic rings. The Hall–Kier alpha value is -0.570. The Morgan fingerprint density at radius 1 is 1.17 bits per heavy atom. The zero-order valence-corrected chi connectivity index (χ0v) is 11.5. The maximum atomic E-state index is 12.5. The molecule has 3 fully saturated rings. The molecule has 18 heavy (non-hydrogen) atoms. The van der Waals surface area contributed by atoms with Gasteiger partial charge in [-0.25, -0.2) is 0 Å². The average Bonchev–Trinajstić information content (AvgIpc) is 3.14. The topological polar surface area (TPSA) is 32.3 Å². The molecule has 3 unspecified atom stereocenters. The van der Waals surface area contributed by atoms with E-state index in [-0.39, 0.29) is 6.04 Å². The summed E-state index contributed by atoms with van der Waals surface area (Å²) >= 11 is 0. The number of carbonyl (C=O) groups is 1. The number of hydrogen-bond donors (Lipinski definition) is 1. The number of nitrogens with zero attached hydrogens (tertiary/aromatic N) is 1. The van der Waals surface area contributed by atoms with Gasteiger partial charge >= 0.3 is 0 Å². The van der Waals surface area contributed by atoms with Crippen LogP contribution in [0.4, 0.5) is 0 Å². The van der Waals surface area contributed by atoms with Crippen molar-refractivity contribution >= 4 is 5.91 Å². The fraction of sp³-hybridized carbons (Fsp3) is 0.933. The first-order valence-electron chi connectivity index (χ1n) is 7.74. The van der Waals surface area contributed by atoms with Crippen LogP contribution in [-0.2, 0) is 4.79 Å². The van der Waals surface area contributed by atoms with Gasteiger partial charge in [0.25, 0.3) is 0 Å². The number of likely N-dealkylation sites (tertiary alicyclic amines) is 1. The van der Waals surface area contributed by atoms with Crippen molar-refractivity contribution in [2.75, 3.05) is 20.1 Å². The third kappa shape index (κ3) is 2.56. The molecule has 1 N–H and O–H groups in total. The molecule has 3 atom stereocenters. The van der Waals surface area contributed by atoms with Crippen molar-refractivity contribution < 1.29 is 4.79 Å². The molecule has 0 aromatic heterocycles. The van der Waals surface area contributed by atoms with Crippen LogP contribution in [0, 0.1) is 17.8 Å². The molecular weight excluding hydrogens is 224 g/mol. The molecule has 3 aliphatic rings. The number of likely N-dealkylation sites (N-methyl/N-ethyl adjacent to an activating group) is 1. The number of nitrogens with one attached hydrogen (secondary N) is 1. The predicted molar refractivity (Wildman–Crippen MR) is 72.2 cm³/mol. The molecule has 3 heteroatoms. The van der Waals surface area contributed by atoms with Crippen LogP contribution in [0.2, 0.25) is 0 Å². The highest BCUT2D eigenvalue weighted by atomic mass is 16.2. The van der Waals surface area contributed by atoms with Crippen molar-refractivity contribution in [2.45, 2.75) is 51.0 Å². The second-order valence-corrected chi connectivity index (χ2v) is 6.58. The number of amides is 1. The Morgan fingerprint density at radius 2 is 1.94 bits per heavy atom. The lowest BCUT2D eigenvalue weighted by atomic mass is 9.89. The largest absolute Gasteiger partial charge is 0.341 e. The van der Waals surface area contributed by atoms with Crippen LogP contribution in [0.3, 0.4) is 0 Å². The third-order valence-corrected chi connectivity index (χ3v) is 5.22. The smallest absolute Gasteiger partial charge is 0.239 e. The Bertz CT molecular complexity index is 312. The van der Waals surface area contributed by atoms with Crippen LogP contribution >= 0.6 is 0 Å². The van der Waals surface area contributed by atoms with E-state index in [1.807, 2.05) is 7.05 Å². The van der Waals surface area contributed by atoms with Crippen molar-refractivity contribution in [1.29, 1.82) is 0 Å². The van der Waals surface area contributed by atoms with E-state index in [0.717, 1.165) is 37.3 Å². The highest BCUT2D eigenvalue weighted by Crippen LogP contribution is 2.45. The summed E-state index contributed by atoms with van der Waals surface area (Å²) in [5.74, 6) is 2.78. The van der Waals surface area contributed by atoms with Gasteiger partial charge in [0.05, 0.1) is 6.04 Å². The zero-order chi connectivity index (χ0) is 12.5. The molecule has 1 aliphatic heterocycles. The van der Waals surface area contributed by atoms with Crippen molar-refractivity contribution in [1.82, 2.24) is 10.2 Å². The van der Waals surface area contributed by atoms with Crippen molar-refractivity contribution in [3.05, 3.63) is 0 Å². The Morgan fingerprint density at radius 3 is 2.67 bits per heavy atom. The van der Waals surface area contributed by atoms with Crippen molar-refractivity contribution in [3.8, 4) is 0 Å². The number of fused-ring (bicyclic) bond motifs is 1. The van der Waals surface area contributed by atoms with Gasteiger partial charge < -0.3 is 10.2 Å². The van der Waals surface area contributed by atoms with E-state index in [0.29, 0.717) is 5.91 Å². The van der Waals surface area contributed by atoms with Crippen LogP contribution in [0.25, 0.3) is 0 Å². The van der Waals surface area contributed by atoms with Crippen LogP contribution in [-0.4, -0.2) is 37.0 Å². The van der Waals surface area contributed by atoms with E-state index < -0.39 is 0 Å². The molecule has 1 heterocycles. The Balaban J connectivity index is 1.63. The van der Waals surface area contributed by atoms with Crippen LogP contribution in [0.5, 0.6) is 0 Å². The standard InChI is InChI=1S/C15H26N2O/c1-16-14-8-12-7-13(12)10-17(15(14)18)9-11-5-3-2-4-6-11/h11-14,16H,2-10H2,1H3. The summed E-state index contributed by atoms with van der Waals surface area (Å²) in [7, 11) is 1.93. The van der Waals surface area contributed by atoms with Crippen LogP contribution < -0.4 is 5.32 Å². The second kappa shape index (κ2) is 5.20. The molecule has 1 saturated heterocycles. The van der Waals surface area contributed by atoms with E-state index in [2.05, 4.69) is 10.2 Å². The van der Waals surface area contributed by atoms with Gasteiger partial charge in [0.15, 0.2) is 0 Å². The van der Waals surface area contributed by atoms with Crippen LogP contribution in [0.15, 0.2) is 0 Å². The average molecular weight is 250 g/mol. The van der Waals surface area contributed by atoms with E-state index in [1.54, 1.807) is 0 Å². The summed E-state index contributed by atoms with van der Waals surface area (Å²) in [6, 6.07) is 0.0890. The van der Waals surface area contributed by atoms with Crippen LogP contribution in [0.1, 0.15) is 44.9 Å². The summed E-state index contributed by atoms with van der Waals surface area (Å²) in [5.41, 5.74) is 0. The molecule has 3 rings (SSSR count). The minimum Gasteiger partial charge on any atom is -0.341 e. The van der Waals surface area contributed by atoms with Gasteiger partial charge in [0, 0.05) is 13.1 Å². The summed E-state index contributed by atoms with van der Waals surface area (Å²) in [6.07, 6.45) is 9.23. The highest BCUT2D eigenvalue weighted by Gasteiger charge is 2.45. The molecular formula is C15H26N2O. The van der Waals surface area contributed by atoms with E-state index in [4.69, 9.17) is 0 Å². The molecule has 2 aliphatic carbocycles. The molecule has 0 aromatic carbocycles. The number of rotatable bonds is 3. The first-order valence-corrected chi connectivity index (χ1v) is 7.74. The van der Waals surface area contributed by atoms with E-state index >= 15 is 0 Å². The summed E-state index contributed by atoms with van der Waals surface area (Å²) < 4.78 is 0. The summed E-state index contributed by atoms with van der Waals surface area (Å²) in [4.78, 5) is 14.7. The Kier molecular flexibility index (Phi) is 3.60. The molecule has 2 saturated carbocycles. The van der Waals surface area contributed by atoms with Crippen molar-refractivity contribution in [2.24, 2.45) is 17.8 Å². The summed E-state index contributed by atoms with van der Waals surface area (Å²) in [6.45, 7) is 2.07. The monoisotopic (exact) mass is 250 g/mol. The fourth-order valence-electron chi connectivity index (χ4n) is 3.91. The normalized spacial score (nSPS) is 37.3. The molecule has 102 valence electrons. The molecule has 0 spiro atoms. The molecule has 0 radical (unpaired) electrons. The van der Waals surface area contributed by atoms with Gasteiger partial charge in [0.2, 0.25) is 5.91 Å². The minimum absolute atomic E-state index is 0.0890. The van der Waals surface area contributed by atoms with Gasteiger partial charge in [-0.15, -0.1) is 0 Å². The third-order valence-electron chi connectivity index (χ3n) is 5.22. The molecule has 3 nitrogen and oxygen atoms in total. The first kappa shape index (κ1) is 12.5. The van der Waals surface area contributed by atoms with E-state index in [9.17, 15) is 4.79 Å². The number of hydrogen-bond acceptors (Lipinski definition) is 2. The highest BCUT2D eigenvalue weighted by molar-refractivity contribution is 5.82. The lowest BCUT2D eigenvalue weighted by molar-refractivity contribution is -0.134.